The highest BCUT2D eigenvalue weighted by Crippen LogP contribution is 2.35. The van der Waals surface area contributed by atoms with Crippen molar-refractivity contribution in [3.8, 4) is 0 Å². The highest BCUT2D eigenvalue weighted by molar-refractivity contribution is 5.80. The van der Waals surface area contributed by atoms with Crippen molar-refractivity contribution in [1.29, 1.82) is 0 Å². The zero-order chi connectivity index (χ0) is 18.4. The average Bonchev–Trinajstić information content (AvgIpc) is 3.05. The molecule has 1 aromatic carbocycles. The second kappa shape index (κ2) is 9.01. The van der Waals surface area contributed by atoms with Crippen molar-refractivity contribution in [3.05, 3.63) is 35.6 Å². The van der Waals surface area contributed by atoms with Gasteiger partial charge in [-0.25, -0.2) is 4.39 Å². The van der Waals surface area contributed by atoms with Gasteiger partial charge in [-0.15, -0.1) is 0 Å². The topological polar surface area (TPSA) is 56.7 Å². The molecule has 26 heavy (non-hydrogen) atoms. The molecule has 2 aliphatic rings. The number of hydrogen-bond acceptors (Lipinski definition) is 2. The molecular formula is C20H29FN4O. The van der Waals surface area contributed by atoms with Gasteiger partial charge in [-0.05, 0) is 42.4 Å². The van der Waals surface area contributed by atoms with Gasteiger partial charge in [-0.2, -0.15) is 0 Å². The number of nitrogens with one attached hydrogen (secondary N) is 2. The predicted octanol–water partition coefficient (Wildman–Crippen LogP) is 2.18. The fourth-order valence-corrected chi connectivity index (χ4v) is 4.18. The number of benzene rings is 1. The fourth-order valence-electron chi connectivity index (χ4n) is 4.18. The molecule has 1 aromatic rings. The molecule has 0 aromatic heterocycles. The summed E-state index contributed by atoms with van der Waals surface area (Å²) >= 11 is 0. The lowest BCUT2D eigenvalue weighted by molar-refractivity contribution is -0.120. The van der Waals surface area contributed by atoms with Crippen LogP contribution >= 0.6 is 0 Å². The minimum atomic E-state index is -0.313. The minimum Gasteiger partial charge on any atom is -0.354 e. The number of carbonyl (C=O) groups is 1. The van der Waals surface area contributed by atoms with E-state index in [0.717, 1.165) is 30.9 Å². The van der Waals surface area contributed by atoms with Crippen LogP contribution in [0.2, 0.25) is 0 Å². The zero-order valence-corrected chi connectivity index (χ0v) is 15.5. The number of hydrogen-bond donors (Lipinski definition) is 2. The molecule has 2 N–H and O–H groups in total. The second-order valence-corrected chi connectivity index (χ2v) is 7.34. The van der Waals surface area contributed by atoms with E-state index in [1.54, 1.807) is 12.1 Å². The summed E-state index contributed by atoms with van der Waals surface area (Å²) in [5.74, 6) is 2.15. The summed E-state index contributed by atoms with van der Waals surface area (Å²) < 4.78 is 13.2. The molecule has 0 spiro atoms. The maximum atomic E-state index is 13.2. The van der Waals surface area contributed by atoms with E-state index in [9.17, 15) is 9.18 Å². The van der Waals surface area contributed by atoms with Gasteiger partial charge in [0, 0.05) is 33.2 Å². The summed E-state index contributed by atoms with van der Waals surface area (Å²) in [6, 6.07) is 6.16. The lowest BCUT2D eigenvalue weighted by Gasteiger charge is -2.22. The molecule has 1 aliphatic carbocycles. The van der Waals surface area contributed by atoms with Gasteiger partial charge in [0.05, 0.1) is 6.42 Å². The quantitative estimate of drug-likeness (QED) is 0.481. The third kappa shape index (κ3) is 4.96. The van der Waals surface area contributed by atoms with E-state index in [-0.39, 0.29) is 18.1 Å². The molecule has 3 rings (SSSR count). The number of guanidine groups is 1. The summed E-state index contributed by atoms with van der Waals surface area (Å²) in [5.41, 5.74) is 0.686. The van der Waals surface area contributed by atoms with E-state index < -0.39 is 0 Å². The Morgan fingerprint density at radius 3 is 2.54 bits per heavy atom. The third-order valence-electron chi connectivity index (χ3n) is 5.47. The molecule has 1 aliphatic heterocycles. The van der Waals surface area contributed by atoms with Gasteiger partial charge in [0.15, 0.2) is 5.96 Å². The molecule has 1 saturated carbocycles. The molecule has 6 heteroatoms. The number of rotatable bonds is 5. The SMILES string of the molecule is CN=C(NCCNC(=O)Cc1cccc(F)c1)N1CC2CCCCC2C1. The van der Waals surface area contributed by atoms with Crippen molar-refractivity contribution < 1.29 is 9.18 Å². The van der Waals surface area contributed by atoms with Crippen LogP contribution in [0, 0.1) is 17.7 Å². The Morgan fingerprint density at radius 1 is 1.19 bits per heavy atom. The Hall–Kier alpha value is -2.11. The van der Waals surface area contributed by atoms with E-state index in [4.69, 9.17) is 0 Å². The second-order valence-electron chi connectivity index (χ2n) is 7.34. The van der Waals surface area contributed by atoms with Crippen molar-refractivity contribution >= 4 is 11.9 Å². The summed E-state index contributed by atoms with van der Waals surface area (Å²) in [7, 11) is 1.81. The number of halogens is 1. The molecule has 142 valence electrons. The maximum absolute atomic E-state index is 13.2. The molecule has 2 atom stereocenters. The van der Waals surface area contributed by atoms with Gasteiger partial charge in [0.25, 0.3) is 0 Å². The fraction of sp³-hybridized carbons (Fsp3) is 0.600. The number of fused-ring (bicyclic) bond motifs is 1. The van der Waals surface area contributed by atoms with Crippen LogP contribution in [-0.4, -0.2) is 50.0 Å². The van der Waals surface area contributed by atoms with Crippen LogP contribution in [0.3, 0.4) is 0 Å². The lowest BCUT2D eigenvalue weighted by Crippen LogP contribution is -2.43. The first-order valence-corrected chi connectivity index (χ1v) is 9.62. The van der Waals surface area contributed by atoms with Crippen molar-refractivity contribution in [2.45, 2.75) is 32.1 Å². The Labute approximate surface area is 155 Å². The molecule has 1 amide bonds. The molecule has 2 unspecified atom stereocenters. The van der Waals surface area contributed by atoms with Crippen LogP contribution in [0.25, 0.3) is 0 Å². The minimum absolute atomic E-state index is 0.0976. The van der Waals surface area contributed by atoms with Crippen LogP contribution in [0.4, 0.5) is 4.39 Å². The van der Waals surface area contributed by atoms with Gasteiger partial charge < -0.3 is 15.5 Å². The van der Waals surface area contributed by atoms with Crippen LogP contribution < -0.4 is 10.6 Å². The van der Waals surface area contributed by atoms with E-state index in [0.29, 0.717) is 18.7 Å². The standard InChI is InChI=1S/C20H29FN4O/c1-22-20(25-13-16-6-2-3-7-17(16)14-25)24-10-9-23-19(26)12-15-5-4-8-18(21)11-15/h4-5,8,11,16-17H,2-3,6-7,9-10,12-14H2,1H3,(H,22,24)(H,23,26). The maximum Gasteiger partial charge on any atom is 0.224 e. The molecule has 0 radical (unpaired) electrons. The molecular weight excluding hydrogens is 331 g/mol. The van der Waals surface area contributed by atoms with Gasteiger partial charge >= 0.3 is 0 Å². The highest BCUT2D eigenvalue weighted by Gasteiger charge is 2.35. The van der Waals surface area contributed by atoms with Crippen molar-refractivity contribution in [3.63, 3.8) is 0 Å². The lowest BCUT2D eigenvalue weighted by atomic mass is 9.82. The number of carbonyl (C=O) groups excluding carboxylic acids is 1. The van der Waals surface area contributed by atoms with Gasteiger partial charge in [0.1, 0.15) is 5.82 Å². The van der Waals surface area contributed by atoms with Crippen LogP contribution in [0.5, 0.6) is 0 Å². The smallest absolute Gasteiger partial charge is 0.224 e. The molecule has 1 saturated heterocycles. The van der Waals surface area contributed by atoms with E-state index >= 15 is 0 Å². The van der Waals surface area contributed by atoms with Crippen LogP contribution in [0.15, 0.2) is 29.3 Å². The van der Waals surface area contributed by atoms with Crippen LogP contribution in [0.1, 0.15) is 31.2 Å². The summed E-state index contributed by atoms with van der Waals surface area (Å²) in [4.78, 5) is 18.7. The molecule has 2 fully saturated rings. The number of nitrogens with zero attached hydrogens (tertiary/aromatic N) is 2. The van der Waals surface area contributed by atoms with Crippen molar-refractivity contribution in [2.75, 3.05) is 33.2 Å². The molecule has 1 heterocycles. The first-order chi connectivity index (χ1) is 12.7. The number of amides is 1. The Morgan fingerprint density at radius 2 is 1.88 bits per heavy atom. The zero-order valence-electron chi connectivity index (χ0n) is 15.5. The van der Waals surface area contributed by atoms with Gasteiger partial charge in [-0.3, -0.25) is 9.79 Å². The number of likely N-dealkylation sites (tertiary alicyclic amines) is 1. The van der Waals surface area contributed by atoms with E-state index in [2.05, 4.69) is 20.5 Å². The monoisotopic (exact) mass is 360 g/mol. The Balaban J connectivity index is 1.37. The van der Waals surface area contributed by atoms with Gasteiger partial charge in [0.2, 0.25) is 5.91 Å². The predicted molar refractivity (Wildman–Crippen MR) is 101 cm³/mol. The van der Waals surface area contributed by atoms with E-state index in [1.807, 2.05) is 7.05 Å². The van der Waals surface area contributed by atoms with Gasteiger partial charge in [-0.1, -0.05) is 25.0 Å². The third-order valence-corrected chi connectivity index (χ3v) is 5.47. The Bertz CT molecular complexity index is 634. The summed E-state index contributed by atoms with van der Waals surface area (Å²) in [5, 5.41) is 6.22. The normalized spacial score (nSPS) is 22.8. The molecule has 0 bridgehead atoms. The summed E-state index contributed by atoms with van der Waals surface area (Å²) in [6.45, 7) is 3.34. The van der Waals surface area contributed by atoms with Crippen molar-refractivity contribution in [1.82, 2.24) is 15.5 Å². The Kier molecular flexibility index (Phi) is 6.47. The first-order valence-electron chi connectivity index (χ1n) is 9.62. The average molecular weight is 360 g/mol. The summed E-state index contributed by atoms with van der Waals surface area (Å²) in [6.07, 6.45) is 5.60. The number of aliphatic imine (C=N–C) groups is 1. The van der Waals surface area contributed by atoms with Crippen molar-refractivity contribution in [2.24, 2.45) is 16.8 Å². The van der Waals surface area contributed by atoms with Crippen LogP contribution in [-0.2, 0) is 11.2 Å². The largest absolute Gasteiger partial charge is 0.354 e. The highest BCUT2D eigenvalue weighted by atomic mass is 19.1. The van der Waals surface area contributed by atoms with E-state index in [1.165, 1.54) is 37.8 Å². The first kappa shape index (κ1) is 18.7. The molecule has 5 nitrogen and oxygen atoms in total.